The summed E-state index contributed by atoms with van der Waals surface area (Å²) < 4.78 is 0. The highest BCUT2D eigenvalue weighted by Crippen LogP contribution is 2.13. The van der Waals surface area contributed by atoms with Gasteiger partial charge < -0.3 is 10.6 Å². The van der Waals surface area contributed by atoms with Gasteiger partial charge in [0, 0.05) is 23.7 Å². The predicted octanol–water partition coefficient (Wildman–Crippen LogP) is 2.83. The molecule has 0 unspecified atom stereocenters. The molecule has 104 valence electrons. The van der Waals surface area contributed by atoms with Gasteiger partial charge >= 0.3 is 0 Å². The molecule has 1 aromatic carbocycles. The van der Waals surface area contributed by atoms with Crippen LogP contribution in [0.15, 0.2) is 24.3 Å². The fraction of sp³-hybridized carbons (Fsp3) is 0.467. The van der Waals surface area contributed by atoms with E-state index >= 15 is 0 Å². The Morgan fingerprint density at radius 1 is 1.26 bits per heavy atom. The molecular weight excluding hydrogens is 256 g/mol. The van der Waals surface area contributed by atoms with E-state index in [0.717, 1.165) is 12.1 Å². The maximum atomic E-state index is 12.5. The number of carbonyl (C=O) groups excluding carboxylic acids is 1. The second kappa shape index (κ2) is 6.66. The van der Waals surface area contributed by atoms with Gasteiger partial charge in [0.1, 0.15) is 4.99 Å². The van der Waals surface area contributed by atoms with E-state index in [0.29, 0.717) is 16.5 Å². The quantitative estimate of drug-likeness (QED) is 0.842. The molecular formula is C15H22N2OS. The normalized spacial score (nSPS) is 10.8. The van der Waals surface area contributed by atoms with Crippen LogP contribution in [0.25, 0.3) is 0 Å². The molecule has 0 aliphatic carbocycles. The molecule has 0 radical (unpaired) electrons. The zero-order chi connectivity index (χ0) is 14.6. The number of benzene rings is 1. The van der Waals surface area contributed by atoms with E-state index < -0.39 is 0 Å². The Labute approximate surface area is 120 Å². The molecule has 0 spiro atoms. The third-order valence-corrected chi connectivity index (χ3v) is 3.08. The lowest BCUT2D eigenvalue weighted by molar-refractivity contribution is 0.0682. The molecule has 2 N–H and O–H groups in total. The third-order valence-electron chi connectivity index (χ3n) is 2.84. The van der Waals surface area contributed by atoms with Crippen molar-refractivity contribution in [2.75, 3.05) is 6.54 Å². The highest BCUT2D eigenvalue weighted by Gasteiger charge is 2.19. The standard InChI is InChI=1S/C15H22N2OS/c1-10(2)9-17(11(3)4)15(18)13-7-5-6-12(8-13)14(16)19/h5-8,10-11H,9H2,1-4H3,(H2,16,19). The van der Waals surface area contributed by atoms with Gasteiger partial charge in [0.15, 0.2) is 0 Å². The van der Waals surface area contributed by atoms with Crippen molar-refractivity contribution in [1.29, 1.82) is 0 Å². The Bertz CT molecular complexity index is 469. The van der Waals surface area contributed by atoms with Gasteiger partial charge in [-0.3, -0.25) is 4.79 Å². The van der Waals surface area contributed by atoms with Crippen LogP contribution in [0.2, 0.25) is 0 Å². The second-order valence-electron chi connectivity index (χ2n) is 5.39. The van der Waals surface area contributed by atoms with Gasteiger partial charge in [-0.05, 0) is 31.9 Å². The summed E-state index contributed by atoms with van der Waals surface area (Å²) in [6, 6.07) is 7.38. The van der Waals surface area contributed by atoms with Gasteiger partial charge in [-0.2, -0.15) is 0 Å². The molecule has 19 heavy (non-hydrogen) atoms. The predicted molar refractivity (Wildman–Crippen MR) is 83.3 cm³/mol. The van der Waals surface area contributed by atoms with Gasteiger partial charge in [0.25, 0.3) is 5.91 Å². The Hall–Kier alpha value is -1.42. The monoisotopic (exact) mass is 278 g/mol. The Kier molecular flexibility index (Phi) is 5.48. The van der Waals surface area contributed by atoms with E-state index in [2.05, 4.69) is 13.8 Å². The van der Waals surface area contributed by atoms with Crippen LogP contribution < -0.4 is 5.73 Å². The van der Waals surface area contributed by atoms with Crippen molar-refractivity contribution in [3.8, 4) is 0 Å². The van der Waals surface area contributed by atoms with Crippen molar-refractivity contribution in [1.82, 2.24) is 4.90 Å². The summed E-state index contributed by atoms with van der Waals surface area (Å²) in [7, 11) is 0. The molecule has 0 heterocycles. The van der Waals surface area contributed by atoms with Crippen LogP contribution in [0.1, 0.15) is 43.6 Å². The van der Waals surface area contributed by atoms with E-state index in [1.165, 1.54) is 0 Å². The fourth-order valence-corrected chi connectivity index (χ4v) is 2.02. The van der Waals surface area contributed by atoms with Crippen molar-refractivity contribution in [3.05, 3.63) is 35.4 Å². The fourth-order valence-electron chi connectivity index (χ4n) is 1.89. The maximum absolute atomic E-state index is 12.5. The molecule has 0 bridgehead atoms. The first-order valence-corrected chi connectivity index (χ1v) is 6.94. The summed E-state index contributed by atoms with van der Waals surface area (Å²) in [5, 5.41) is 0. The maximum Gasteiger partial charge on any atom is 0.254 e. The van der Waals surface area contributed by atoms with Crippen molar-refractivity contribution >= 4 is 23.1 Å². The molecule has 1 rings (SSSR count). The van der Waals surface area contributed by atoms with Gasteiger partial charge in [0.05, 0.1) is 0 Å². The molecule has 0 aliphatic rings. The summed E-state index contributed by atoms with van der Waals surface area (Å²) in [6.45, 7) is 9.01. The first-order chi connectivity index (χ1) is 8.82. The van der Waals surface area contributed by atoms with Gasteiger partial charge in [0.2, 0.25) is 0 Å². The van der Waals surface area contributed by atoms with Crippen molar-refractivity contribution < 1.29 is 4.79 Å². The van der Waals surface area contributed by atoms with Gasteiger partial charge in [-0.1, -0.05) is 38.2 Å². The Balaban J connectivity index is 3.02. The number of amides is 1. The minimum atomic E-state index is 0.0294. The summed E-state index contributed by atoms with van der Waals surface area (Å²) >= 11 is 4.95. The highest BCUT2D eigenvalue weighted by atomic mass is 32.1. The number of hydrogen-bond acceptors (Lipinski definition) is 2. The Morgan fingerprint density at radius 3 is 2.32 bits per heavy atom. The topological polar surface area (TPSA) is 46.3 Å². The number of nitrogens with zero attached hydrogens (tertiary/aromatic N) is 1. The van der Waals surface area contributed by atoms with Crippen LogP contribution in [-0.2, 0) is 0 Å². The smallest absolute Gasteiger partial charge is 0.254 e. The summed E-state index contributed by atoms with van der Waals surface area (Å²) in [5.41, 5.74) is 6.98. The average Bonchev–Trinajstić information content (AvgIpc) is 2.34. The van der Waals surface area contributed by atoms with Gasteiger partial charge in [-0.25, -0.2) is 0 Å². The van der Waals surface area contributed by atoms with E-state index in [4.69, 9.17) is 18.0 Å². The molecule has 0 aromatic heterocycles. The highest BCUT2D eigenvalue weighted by molar-refractivity contribution is 7.80. The van der Waals surface area contributed by atoms with Crippen molar-refractivity contribution in [2.24, 2.45) is 11.7 Å². The van der Waals surface area contributed by atoms with Crippen LogP contribution in [0.4, 0.5) is 0 Å². The van der Waals surface area contributed by atoms with Crippen LogP contribution >= 0.6 is 12.2 Å². The van der Waals surface area contributed by atoms with Gasteiger partial charge in [-0.15, -0.1) is 0 Å². The molecule has 1 amide bonds. The Morgan fingerprint density at radius 2 is 1.84 bits per heavy atom. The van der Waals surface area contributed by atoms with E-state index in [-0.39, 0.29) is 11.9 Å². The minimum Gasteiger partial charge on any atom is -0.389 e. The zero-order valence-electron chi connectivity index (χ0n) is 12.0. The second-order valence-corrected chi connectivity index (χ2v) is 5.83. The third kappa shape index (κ3) is 4.31. The number of thiocarbonyl (C=S) groups is 1. The first-order valence-electron chi connectivity index (χ1n) is 6.53. The zero-order valence-corrected chi connectivity index (χ0v) is 12.8. The molecule has 4 heteroatoms. The minimum absolute atomic E-state index is 0.0294. The van der Waals surface area contributed by atoms with Crippen LogP contribution in [0, 0.1) is 5.92 Å². The summed E-state index contributed by atoms with van der Waals surface area (Å²) in [4.78, 5) is 14.7. The lowest BCUT2D eigenvalue weighted by Gasteiger charge is -2.28. The molecule has 3 nitrogen and oxygen atoms in total. The largest absolute Gasteiger partial charge is 0.389 e. The van der Waals surface area contributed by atoms with Crippen LogP contribution in [0.3, 0.4) is 0 Å². The number of hydrogen-bond donors (Lipinski definition) is 1. The molecule has 0 aliphatic heterocycles. The lowest BCUT2D eigenvalue weighted by atomic mass is 10.1. The first kappa shape index (κ1) is 15.6. The van der Waals surface area contributed by atoms with E-state index in [9.17, 15) is 4.79 Å². The van der Waals surface area contributed by atoms with E-state index in [1.807, 2.05) is 30.9 Å². The molecule has 1 aromatic rings. The SMILES string of the molecule is CC(C)CN(C(=O)c1cccc(C(N)=S)c1)C(C)C. The van der Waals surface area contributed by atoms with Crippen LogP contribution in [-0.4, -0.2) is 28.4 Å². The number of rotatable bonds is 5. The average molecular weight is 278 g/mol. The summed E-state index contributed by atoms with van der Waals surface area (Å²) in [5.74, 6) is 0.465. The summed E-state index contributed by atoms with van der Waals surface area (Å²) in [6.07, 6.45) is 0. The van der Waals surface area contributed by atoms with Crippen molar-refractivity contribution in [2.45, 2.75) is 33.7 Å². The molecule has 0 atom stereocenters. The van der Waals surface area contributed by atoms with Crippen LogP contribution in [0.5, 0.6) is 0 Å². The molecule has 0 fully saturated rings. The molecule has 0 saturated heterocycles. The molecule has 0 saturated carbocycles. The number of nitrogens with two attached hydrogens (primary N) is 1. The van der Waals surface area contributed by atoms with Crippen molar-refractivity contribution in [3.63, 3.8) is 0 Å². The van der Waals surface area contributed by atoms with E-state index in [1.54, 1.807) is 12.1 Å². The number of carbonyl (C=O) groups is 1. The lowest BCUT2D eigenvalue weighted by Crippen LogP contribution is -2.39.